The molecule has 0 spiro atoms. The second kappa shape index (κ2) is 7.84. The van der Waals surface area contributed by atoms with Gasteiger partial charge < -0.3 is 5.32 Å². The molecule has 2 saturated heterocycles. The third-order valence-electron chi connectivity index (χ3n) is 5.12. The predicted octanol–water partition coefficient (Wildman–Crippen LogP) is 2.39. The molecule has 2 fully saturated rings. The Bertz CT molecular complexity index is 710. The summed E-state index contributed by atoms with van der Waals surface area (Å²) in [6.45, 7) is 4.08. The normalized spacial score (nSPS) is 23.4. The van der Waals surface area contributed by atoms with Crippen molar-refractivity contribution in [1.82, 2.24) is 15.2 Å². The van der Waals surface area contributed by atoms with Gasteiger partial charge in [0, 0.05) is 32.0 Å². The maximum absolute atomic E-state index is 13.0. The first-order valence-corrected chi connectivity index (χ1v) is 9.16. The fraction of sp³-hybridized carbons (Fsp3) is 0.611. The van der Waals surface area contributed by atoms with Crippen LogP contribution in [0.1, 0.15) is 30.9 Å². The van der Waals surface area contributed by atoms with Gasteiger partial charge in [-0.15, -0.1) is 5.01 Å². The topological polar surface area (TPSA) is 55.7 Å². The van der Waals surface area contributed by atoms with Crippen molar-refractivity contribution in [2.75, 3.05) is 26.2 Å². The number of carbonyl (C=O) groups is 1. The van der Waals surface area contributed by atoms with Gasteiger partial charge in [-0.3, -0.25) is 9.69 Å². The maximum Gasteiger partial charge on any atom is 0.416 e. The Morgan fingerprint density at radius 2 is 2.11 bits per heavy atom. The molecule has 0 saturated carbocycles. The van der Waals surface area contributed by atoms with Crippen molar-refractivity contribution in [3.05, 3.63) is 40.3 Å². The summed E-state index contributed by atoms with van der Waals surface area (Å²) in [5.41, 5.74) is -0.107. The van der Waals surface area contributed by atoms with Gasteiger partial charge in [0.05, 0.1) is 23.4 Å². The van der Waals surface area contributed by atoms with Crippen LogP contribution in [0.15, 0.2) is 24.3 Å². The van der Waals surface area contributed by atoms with Crippen LogP contribution in [0, 0.1) is 10.8 Å². The van der Waals surface area contributed by atoms with E-state index < -0.39 is 11.7 Å². The molecule has 0 aliphatic carbocycles. The second-order valence-corrected chi connectivity index (χ2v) is 7.12. The molecule has 0 bridgehead atoms. The Morgan fingerprint density at radius 3 is 2.81 bits per heavy atom. The molecule has 2 unspecified atom stereocenters. The molecular weight excluding hydrogens is 361 g/mol. The van der Waals surface area contributed by atoms with Crippen LogP contribution in [0.25, 0.3) is 0 Å². The number of amides is 1. The number of halogens is 3. The minimum atomic E-state index is -4.38. The zero-order valence-electron chi connectivity index (χ0n) is 15.2. The first kappa shape index (κ1) is 19.6. The van der Waals surface area contributed by atoms with Crippen molar-refractivity contribution in [3.8, 4) is 0 Å². The molecule has 6 nitrogen and oxygen atoms in total. The summed E-state index contributed by atoms with van der Waals surface area (Å²) in [6, 6.07) is 5.31. The summed E-state index contributed by atoms with van der Waals surface area (Å²) in [5, 5.41) is 4.57. The van der Waals surface area contributed by atoms with Gasteiger partial charge in [-0.1, -0.05) is 25.1 Å². The lowest BCUT2D eigenvalue weighted by Crippen LogP contribution is -2.57. The molecule has 1 aromatic carbocycles. The molecule has 1 amide bonds. The maximum atomic E-state index is 13.0. The van der Waals surface area contributed by atoms with E-state index in [2.05, 4.69) is 5.32 Å². The number of hydrazine groups is 1. The molecule has 2 atom stereocenters. The lowest BCUT2D eigenvalue weighted by molar-refractivity contribution is -0.697. The quantitative estimate of drug-likeness (QED) is 0.791. The number of hydrogen-bond donors (Lipinski definition) is 1. The summed E-state index contributed by atoms with van der Waals surface area (Å²) < 4.78 is 38.9. The summed E-state index contributed by atoms with van der Waals surface area (Å²) in [4.78, 5) is 26.6. The summed E-state index contributed by atoms with van der Waals surface area (Å²) in [6.07, 6.45) is -3.46. The SMILES string of the molecule is CCC(=O)NCC1CN(Cc2cccc(C(F)(F)F)c2)C2CC[N+](=O)N2C1. The highest BCUT2D eigenvalue weighted by Gasteiger charge is 2.46. The van der Waals surface area contributed by atoms with E-state index in [-0.39, 0.29) is 18.0 Å². The number of nitroso groups, excluding NO2 is 1. The third-order valence-corrected chi connectivity index (χ3v) is 5.12. The molecule has 2 heterocycles. The number of alkyl halides is 3. The van der Waals surface area contributed by atoms with Crippen LogP contribution in [0.2, 0.25) is 0 Å². The van der Waals surface area contributed by atoms with Gasteiger partial charge >= 0.3 is 6.18 Å². The van der Waals surface area contributed by atoms with E-state index in [1.54, 1.807) is 18.0 Å². The van der Waals surface area contributed by atoms with Crippen molar-refractivity contribution in [3.63, 3.8) is 0 Å². The van der Waals surface area contributed by atoms with Gasteiger partial charge in [0.25, 0.3) is 0 Å². The zero-order valence-corrected chi connectivity index (χ0v) is 15.2. The van der Waals surface area contributed by atoms with Crippen molar-refractivity contribution >= 4 is 5.91 Å². The fourth-order valence-corrected chi connectivity index (χ4v) is 3.77. The molecule has 2 aliphatic heterocycles. The predicted molar refractivity (Wildman–Crippen MR) is 92.3 cm³/mol. The molecule has 0 aromatic heterocycles. The van der Waals surface area contributed by atoms with E-state index in [0.29, 0.717) is 51.1 Å². The summed E-state index contributed by atoms with van der Waals surface area (Å²) >= 11 is 0. The average molecular weight is 385 g/mol. The number of benzene rings is 1. The van der Waals surface area contributed by atoms with E-state index in [1.807, 2.05) is 4.90 Å². The first-order chi connectivity index (χ1) is 12.8. The van der Waals surface area contributed by atoms with Gasteiger partial charge in [-0.05, 0) is 11.6 Å². The summed E-state index contributed by atoms with van der Waals surface area (Å²) in [7, 11) is 0. The smallest absolute Gasteiger partial charge is 0.356 e. The molecule has 1 aromatic rings. The highest BCUT2D eigenvalue weighted by molar-refractivity contribution is 5.75. The van der Waals surface area contributed by atoms with Crippen LogP contribution in [-0.4, -0.2) is 53.0 Å². The molecule has 27 heavy (non-hydrogen) atoms. The lowest BCUT2D eigenvalue weighted by atomic mass is 10.0. The van der Waals surface area contributed by atoms with Crippen LogP contribution < -0.4 is 5.32 Å². The second-order valence-electron chi connectivity index (χ2n) is 7.12. The van der Waals surface area contributed by atoms with Gasteiger partial charge in [0.2, 0.25) is 12.5 Å². The Kier molecular flexibility index (Phi) is 5.69. The van der Waals surface area contributed by atoms with Crippen molar-refractivity contribution in [1.29, 1.82) is 0 Å². The van der Waals surface area contributed by atoms with Crippen LogP contribution in [0.3, 0.4) is 0 Å². The van der Waals surface area contributed by atoms with Crippen molar-refractivity contribution < 1.29 is 22.8 Å². The molecular formula is C18H24F3N4O2+. The van der Waals surface area contributed by atoms with E-state index >= 15 is 0 Å². The van der Waals surface area contributed by atoms with Gasteiger partial charge in [0.1, 0.15) is 11.0 Å². The standard InChI is InChI=1S/C18H23F3N4O2/c1-2-16(26)22-9-14-11-23(17-6-7-25(27)24(17)12-14)10-13-4-3-5-15(8-13)18(19,20)21/h3-5,8,14,17H,2,6-7,9-12H2,1H3/p+1. The molecule has 3 rings (SSSR count). The minimum Gasteiger partial charge on any atom is -0.356 e. The van der Waals surface area contributed by atoms with Crippen molar-refractivity contribution in [2.24, 2.45) is 5.92 Å². The molecule has 2 aliphatic rings. The Balaban J connectivity index is 1.74. The minimum absolute atomic E-state index is 0.0390. The van der Waals surface area contributed by atoms with Gasteiger partial charge in [0.15, 0.2) is 0 Å². The monoisotopic (exact) mass is 385 g/mol. The van der Waals surface area contributed by atoms with Crippen LogP contribution >= 0.6 is 0 Å². The number of rotatable bonds is 5. The van der Waals surface area contributed by atoms with E-state index in [4.69, 9.17) is 0 Å². The Labute approximate surface area is 155 Å². The third kappa shape index (κ3) is 4.58. The summed E-state index contributed by atoms with van der Waals surface area (Å²) in [5.74, 6) is -0.0148. The largest absolute Gasteiger partial charge is 0.416 e. The Hall–Kier alpha value is -2.16. The van der Waals surface area contributed by atoms with E-state index in [0.717, 1.165) is 17.0 Å². The molecule has 1 N–H and O–H groups in total. The van der Waals surface area contributed by atoms with E-state index in [9.17, 15) is 22.9 Å². The number of hydrogen-bond acceptors (Lipinski definition) is 3. The zero-order chi connectivity index (χ0) is 19.6. The van der Waals surface area contributed by atoms with Crippen LogP contribution in [-0.2, 0) is 17.5 Å². The van der Waals surface area contributed by atoms with Crippen molar-refractivity contribution in [2.45, 2.75) is 38.7 Å². The fourth-order valence-electron chi connectivity index (χ4n) is 3.77. The molecule has 148 valence electrons. The van der Waals surface area contributed by atoms with Crippen LogP contribution in [0.4, 0.5) is 13.2 Å². The number of fused-ring (bicyclic) bond motifs is 1. The molecule has 9 heteroatoms. The number of nitrogens with one attached hydrogen (secondary N) is 1. The van der Waals surface area contributed by atoms with Gasteiger partial charge in [-0.2, -0.15) is 13.2 Å². The number of nitrogens with zero attached hydrogens (tertiary/aromatic N) is 3. The number of carbonyl (C=O) groups excluding carboxylic acids is 1. The van der Waals surface area contributed by atoms with Crippen LogP contribution in [0.5, 0.6) is 0 Å². The average Bonchev–Trinajstić information content (AvgIpc) is 3.00. The Morgan fingerprint density at radius 1 is 1.33 bits per heavy atom. The highest BCUT2D eigenvalue weighted by atomic mass is 19.4. The highest BCUT2D eigenvalue weighted by Crippen LogP contribution is 2.31. The molecule has 0 radical (unpaired) electrons. The first-order valence-electron chi connectivity index (χ1n) is 9.16. The van der Waals surface area contributed by atoms with Gasteiger partial charge in [-0.25, -0.2) is 0 Å². The van der Waals surface area contributed by atoms with E-state index in [1.165, 1.54) is 6.07 Å². The lowest BCUT2D eigenvalue weighted by Gasteiger charge is -2.39.